The lowest BCUT2D eigenvalue weighted by molar-refractivity contribution is -0.132. The normalized spacial score (nSPS) is 18.1. The van der Waals surface area contributed by atoms with E-state index >= 15 is 0 Å². The Balaban J connectivity index is 1.74. The Morgan fingerprint density at radius 1 is 1.32 bits per heavy atom. The molecule has 3 rings (SSSR count). The number of nitrogens with one attached hydrogen (secondary N) is 1. The Morgan fingerprint density at radius 3 is 2.72 bits per heavy atom. The van der Waals surface area contributed by atoms with Crippen LogP contribution < -0.4 is 11.1 Å². The van der Waals surface area contributed by atoms with E-state index in [0.29, 0.717) is 0 Å². The van der Waals surface area contributed by atoms with E-state index in [9.17, 15) is 9.59 Å². The molecule has 1 aliphatic rings. The summed E-state index contributed by atoms with van der Waals surface area (Å²) in [7, 11) is 0. The number of likely N-dealkylation sites (tertiary alicyclic amines) is 1. The van der Waals surface area contributed by atoms with Crippen LogP contribution in [0.25, 0.3) is 0 Å². The third-order valence-corrected chi connectivity index (χ3v) is 5.60. The molecular formula is C19H23N3O2S. The fourth-order valence-electron chi connectivity index (χ4n) is 3.38. The van der Waals surface area contributed by atoms with Crippen LogP contribution in [0, 0.1) is 6.92 Å². The number of amides is 3. The van der Waals surface area contributed by atoms with Gasteiger partial charge in [0.05, 0.1) is 18.5 Å². The smallest absolute Gasteiger partial charge is 0.312 e. The Hall–Kier alpha value is -2.34. The van der Waals surface area contributed by atoms with Gasteiger partial charge in [0.2, 0.25) is 5.91 Å². The number of hydrogen-bond acceptors (Lipinski definition) is 3. The highest BCUT2D eigenvalue weighted by Gasteiger charge is 2.31. The monoisotopic (exact) mass is 357 g/mol. The van der Waals surface area contributed by atoms with Crippen molar-refractivity contribution in [1.29, 1.82) is 0 Å². The Morgan fingerprint density at radius 2 is 2.08 bits per heavy atom. The summed E-state index contributed by atoms with van der Waals surface area (Å²) in [4.78, 5) is 27.1. The molecule has 2 heterocycles. The average Bonchev–Trinajstić information content (AvgIpc) is 3.26. The summed E-state index contributed by atoms with van der Waals surface area (Å²) in [6.45, 7) is 2.81. The first-order valence-electron chi connectivity index (χ1n) is 8.50. The molecule has 0 saturated carbocycles. The molecule has 25 heavy (non-hydrogen) atoms. The standard InChI is InChI=1S/C19H23N3O2S/c1-13-6-8-14(9-7-13)16-4-2-10-22(16)18(23)12-15(21-19(20)24)17-5-3-11-25-17/h3,5-9,11,15-16H,2,4,10,12H2,1H3,(H3,20,21,24). The van der Waals surface area contributed by atoms with E-state index in [1.54, 1.807) is 0 Å². The van der Waals surface area contributed by atoms with Crippen LogP contribution >= 0.6 is 11.3 Å². The lowest BCUT2D eigenvalue weighted by Crippen LogP contribution is -2.38. The van der Waals surface area contributed by atoms with Gasteiger partial charge < -0.3 is 16.0 Å². The van der Waals surface area contributed by atoms with Crippen LogP contribution in [-0.4, -0.2) is 23.4 Å². The van der Waals surface area contributed by atoms with Crippen LogP contribution in [0.5, 0.6) is 0 Å². The van der Waals surface area contributed by atoms with Crippen LogP contribution in [0.1, 0.15) is 47.4 Å². The summed E-state index contributed by atoms with van der Waals surface area (Å²) in [6, 6.07) is 11.3. The fourth-order valence-corrected chi connectivity index (χ4v) is 4.15. The molecule has 132 valence electrons. The molecule has 0 spiro atoms. The molecule has 2 unspecified atom stereocenters. The first-order chi connectivity index (χ1) is 12.0. The lowest BCUT2D eigenvalue weighted by Gasteiger charge is -2.27. The number of hydrogen-bond donors (Lipinski definition) is 2. The summed E-state index contributed by atoms with van der Waals surface area (Å²) in [5.41, 5.74) is 7.68. The minimum Gasteiger partial charge on any atom is -0.352 e. The van der Waals surface area contributed by atoms with Crippen molar-refractivity contribution >= 4 is 23.3 Å². The second-order valence-electron chi connectivity index (χ2n) is 6.44. The van der Waals surface area contributed by atoms with Crippen LogP contribution in [0.2, 0.25) is 0 Å². The summed E-state index contributed by atoms with van der Waals surface area (Å²) in [5.74, 6) is 0.0511. The third kappa shape index (κ3) is 4.20. The van der Waals surface area contributed by atoms with E-state index in [1.807, 2.05) is 22.4 Å². The topological polar surface area (TPSA) is 75.4 Å². The van der Waals surface area contributed by atoms with Crippen molar-refractivity contribution in [3.8, 4) is 0 Å². The highest BCUT2D eigenvalue weighted by molar-refractivity contribution is 7.10. The molecule has 1 fully saturated rings. The molecule has 1 aromatic heterocycles. The molecule has 0 bridgehead atoms. The number of thiophene rings is 1. The van der Waals surface area contributed by atoms with E-state index < -0.39 is 6.03 Å². The molecule has 5 nitrogen and oxygen atoms in total. The maximum absolute atomic E-state index is 12.9. The molecule has 3 amide bonds. The zero-order chi connectivity index (χ0) is 17.8. The number of rotatable bonds is 5. The van der Waals surface area contributed by atoms with Gasteiger partial charge in [-0.1, -0.05) is 35.9 Å². The summed E-state index contributed by atoms with van der Waals surface area (Å²) in [5, 5.41) is 4.63. The highest BCUT2D eigenvalue weighted by Crippen LogP contribution is 2.34. The van der Waals surface area contributed by atoms with Crippen LogP contribution in [0.4, 0.5) is 4.79 Å². The Bertz CT molecular complexity index is 728. The first-order valence-corrected chi connectivity index (χ1v) is 9.38. The largest absolute Gasteiger partial charge is 0.352 e. The van der Waals surface area contributed by atoms with Crippen molar-refractivity contribution in [2.45, 2.75) is 38.3 Å². The number of urea groups is 1. The van der Waals surface area contributed by atoms with Crippen molar-refractivity contribution in [3.63, 3.8) is 0 Å². The van der Waals surface area contributed by atoms with Crippen LogP contribution in [0.15, 0.2) is 41.8 Å². The molecule has 2 aromatic rings. The number of nitrogens with zero attached hydrogens (tertiary/aromatic N) is 1. The summed E-state index contributed by atoms with van der Waals surface area (Å²) >= 11 is 1.52. The van der Waals surface area contributed by atoms with E-state index in [0.717, 1.165) is 24.3 Å². The Kier molecular flexibility index (Phi) is 5.38. The third-order valence-electron chi connectivity index (χ3n) is 4.62. The highest BCUT2D eigenvalue weighted by atomic mass is 32.1. The number of benzene rings is 1. The van der Waals surface area contributed by atoms with Gasteiger partial charge in [-0.2, -0.15) is 0 Å². The number of carbonyl (C=O) groups excluding carboxylic acids is 2. The molecule has 3 N–H and O–H groups in total. The zero-order valence-electron chi connectivity index (χ0n) is 14.3. The first kappa shape index (κ1) is 17.5. The fraction of sp³-hybridized carbons (Fsp3) is 0.368. The van der Waals surface area contributed by atoms with Gasteiger partial charge in [-0.15, -0.1) is 11.3 Å². The van der Waals surface area contributed by atoms with Crippen LogP contribution in [-0.2, 0) is 4.79 Å². The number of primary amides is 1. The van der Waals surface area contributed by atoms with E-state index in [-0.39, 0.29) is 24.4 Å². The van der Waals surface area contributed by atoms with Gasteiger partial charge in [-0.25, -0.2) is 4.79 Å². The van der Waals surface area contributed by atoms with Crippen molar-refractivity contribution in [1.82, 2.24) is 10.2 Å². The SMILES string of the molecule is Cc1ccc(C2CCCN2C(=O)CC(NC(N)=O)c2cccs2)cc1. The predicted molar refractivity (Wildman–Crippen MR) is 99.3 cm³/mol. The van der Waals surface area contributed by atoms with Crippen LogP contribution in [0.3, 0.4) is 0 Å². The second kappa shape index (κ2) is 7.70. The number of carbonyl (C=O) groups is 2. The van der Waals surface area contributed by atoms with E-state index in [4.69, 9.17) is 5.73 Å². The molecule has 0 radical (unpaired) electrons. The van der Waals surface area contributed by atoms with Crippen molar-refractivity contribution in [2.75, 3.05) is 6.54 Å². The van der Waals surface area contributed by atoms with E-state index in [1.165, 1.54) is 22.5 Å². The molecule has 2 atom stereocenters. The lowest BCUT2D eigenvalue weighted by atomic mass is 10.0. The van der Waals surface area contributed by atoms with Crippen molar-refractivity contribution < 1.29 is 9.59 Å². The molecule has 1 aromatic carbocycles. The quantitative estimate of drug-likeness (QED) is 0.859. The predicted octanol–water partition coefficient (Wildman–Crippen LogP) is 3.52. The Labute approximate surface area is 151 Å². The average molecular weight is 357 g/mol. The maximum Gasteiger partial charge on any atom is 0.312 e. The minimum absolute atomic E-state index is 0.0511. The number of aryl methyl sites for hydroxylation is 1. The second-order valence-corrected chi connectivity index (χ2v) is 7.42. The minimum atomic E-state index is -0.609. The molecule has 0 aliphatic carbocycles. The molecular weight excluding hydrogens is 334 g/mol. The van der Waals surface area contributed by atoms with Gasteiger partial charge in [0.1, 0.15) is 0 Å². The summed E-state index contributed by atoms with van der Waals surface area (Å²) < 4.78 is 0. The van der Waals surface area contributed by atoms with Crippen molar-refractivity contribution in [3.05, 3.63) is 57.8 Å². The van der Waals surface area contributed by atoms with Gasteiger partial charge in [0, 0.05) is 11.4 Å². The van der Waals surface area contributed by atoms with Gasteiger partial charge in [0.15, 0.2) is 0 Å². The summed E-state index contributed by atoms with van der Waals surface area (Å²) in [6.07, 6.45) is 2.20. The van der Waals surface area contributed by atoms with Gasteiger partial charge in [-0.05, 0) is 36.8 Å². The van der Waals surface area contributed by atoms with Gasteiger partial charge >= 0.3 is 6.03 Å². The molecule has 1 saturated heterocycles. The van der Waals surface area contributed by atoms with Gasteiger partial charge in [-0.3, -0.25) is 4.79 Å². The molecule has 1 aliphatic heterocycles. The van der Waals surface area contributed by atoms with Crippen molar-refractivity contribution in [2.24, 2.45) is 5.73 Å². The van der Waals surface area contributed by atoms with E-state index in [2.05, 4.69) is 36.5 Å². The zero-order valence-corrected chi connectivity index (χ0v) is 15.1. The van der Waals surface area contributed by atoms with Gasteiger partial charge in [0.25, 0.3) is 0 Å². The maximum atomic E-state index is 12.9. The number of nitrogens with two attached hydrogens (primary N) is 1. The molecule has 6 heteroatoms.